The molecule has 0 spiro atoms. The molecule has 2 heteroatoms. The summed E-state index contributed by atoms with van der Waals surface area (Å²) in [6.45, 7) is 0. The van der Waals surface area contributed by atoms with E-state index in [1.807, 2.05) is 11.3 Å². The van der Waals surface area contributed by atoms with Gasteiger partial charge >= 0.3 is 0 Å². The average molecular weight is 668 g/mol. The molecule has 240 valence electrons. The largest absolute Gasteiger partial charge is 0.310 e. The third kappa shape index (κ3) is 4.54. The van der Waals surface area contributed by atoms with Crippen LogP contribution in [-0.4, -0.2) is 0 Å². The molecule has 8 aromatic carbocycles. The summed E-state index contributed by atoms with van der Waals surface area (Å²) in [6.07, 6.45) is 0. The van der Waals surface area contributed by atoms with E-state index < -0.39 is 5.41 Å². The fourth-order valence-electron chi connectivity index (χ4n) is 8.47. The summed E-state index contributed by atoms with van der Waals surface area (Å²) in [5.74, 6) is 0. The number of thiophene rings is 1. The molecule has 51 heavy (non-hydrogen) atoms. The van der Waals surface area contributed by atoms with Gasteiger partial charge in [-0.05, 0) is 93.0 Å². The van der Waals surface area contributed by atoms with Crippen molar-refractivity contribution in [3.8, 4) is 22.3 Å². The van der Waals surface area contributed by atoms with Gasteiger partial charge in [-0.15, -0.1) is 11.3 Å². The first kappa shape index (κ1) is 29.7. The summed E-state index contributed by atoms with van der Waals surface area (Å²) >= 11 is 1.90. The lowest BCUT2D eigenvalue weighted by molar-refractivity contribution is 0.770. The van der Waals surface area contributed by atoms with Gasteiger partial charge in [0.1, 0.15) is 0 Å². The van der Waals surface area contributed by atoms with Crippen LogP contribution in [0.15, 0.2) is 200 Å². The number of nitrogens with zero attached hydrogens (tertiary/aromatic N) is 1. The van der Waals surface area contributed by atoms with Crippen molar-refractivity contribution in [1.82, 2.24) is 0 Å². The van der Waals surface area contributed by atoms with E-state index in [0.717, 1.165) is 17.1 Å². The predicted molar refractivity (Wildman–Crippen MR) is 217 cm³/mol. The zero-order valence-corrected chi connectivity index (χ0v) is 28.7. The van der Waals surface area contributed by atoms with Crippen LogP contribution in [0.4, 0.5) is 17.1 Å². The summed E-state index contributed by atoms with van der Waals surface area (Å²) in [7, 11) is 0. The van der Waals surface area contributed by atoms with Crippen LogP contribution in [0.2, 0.25) is 0 Å². The Kier molecular flexibility index (Phi) is 6.97. The van der Waals surface area contributed by atoms with Gasteiger partial charge in [-0.1, -0.05) is 152 Å². The number of fused-ring (bicyclic) bond motifs is 6. The molecule has 0 amide bonds. The van der Waals surface area contributed by atoms with E-state index in [1.165, 1.54) is 64.7 Å². The van der Waals surface area contributed by atoms with Gasteiger partial charge in [-0.25, -0.2) is 0 Å². The van der Waals surface area contributed by atoms with Gasteiger partial charge in [-0.2, -0.15) is 0 Å². The fourth-order valence-corrected chi connectivity index (χ4v) is 9.61. The molecule has 0 radical (unpaired) electrons. The van der Waals surface area contributed by atoms with Gasteiger partial charge in [0.15, 0.2) is 0 Å². The monoisotopic (exact) mass is 667 g/mol. The lowest BCUT2D eigenvalue weighted by atomic mass is 9.67. The van der Waals surface area contributed by atoms with Crippen molar-refractivity contribution in [2.45, 2.75) is 5.41 Å². The molecule has 0 bridgehead atoms. The van der Waals surface area contributed by atoms with Gasteiger partial charge in [-0.3, -0.25) is 0 Å². The Morgan fingerprint density at radius 2 is 0.922 bits per heavy atom. The Morgan fingerprint density at radius 3 is 1.53 bits per heavy atom. The zero-order valence-electron chi connectivity index (χ0n) is 27.9. The van der Waals surface area contributed by atoms with Crippen molar-refractivity contribution in [3.63, 3.8) is 0 Å². The molecule has 0 saturated heterocycles. The van der Waals surface area contributed by atoms with Crippen LogP contribution in [0.5, 0.6) is 0 Å². The van der Waals surface area contributed by atoms with E-state index in [-0.39, 0.29) is 0 Å². The molecule has 1 aromatic heterocycles. The maximum absolute atomic E-state index is 2.52. The van der Waals surface area contributed by atoms with Crippen LogP contribution < -0.4 is 4.90 Å². The maximum Gasteiger partial charge on any atom is 0.0714 e. The van der Waals surface area contributed by atoms with Crippen molar-refractivity contribution in [1.29, 1.82) is 0 Å². The second kappa shape index (κ2) is 12.0. The molecule has 0 N–H and O–H groups in total. The Bertz CT molecular complexity index is 2580. The Morgan fingerprint density at radius 1 is 0.392 bits per heavy atom. The molecule has 0 unspecified atom stereocenters. The Balaban J connectivity index is 1.34. The highest BCUT2D eigenvalue weighted by Gasteiger charge is 2.47. The summed E-state index contributed by atoms with van der Waals surface area (Å²) in [5.41, 5.74) is 13.3. The number of rotatable bonds is 6. The van der Waals surface area contributed by atoms with Gasteiger partial charge in [0, 0.05) is 37.2 Å². The first-order chi connectivity index (χ1) is 25.3. The second-order valence-electron chi connectivity index (χ2n) is 13.2. The first-order valence-corrected chi connectivity index (χ1v) is 18.3. The van der Waals surface area contributed by atoms with Crippen molar-refractivity contribution in [2.24, 2.45) is 0 Å². The first-order valence-electron chi connectivity index (χ1n) is 17.5. The standard InChI is InChI=1S/C49H33NS/c1-6-18-34(19-7-1)46-47-40-28-16-17-29-42(40)49(35-20-8-2-9-21-35,36-22-10-3-11-23-36)43(47)33-45-48(46)41-32-39(30-31-44(41)51-45)50(37-24-12-4-13-25-37)38-26-14-5-15-27-38/h1-33H. The maximum atomic E-state index is 2.52. The van der Waals surface area contributed by atoms with Crippen LogP contribution in [-0.2, 0) is 5.41 Å². The molecule has 0 saturated carbocycles. The quantitative estimate of drug-likeness (QED) is 0.171. The van der Waals surface area contributed by atoms with Crippen molar-refractivity contribution < 1.29 is 0 Å². The van der Waals surface area contributed by atoms with E-state index in [1.54, 1.807) is 0 Å². The molecule has 0 fully saturated rings. The second-order valence-corrected chi connectivity index (χ2v) is 14.3. The third-order valence-electron chi connectivity index (χ3n) is 10.5. The molecule has 9 aromatic rings. The van der Waals surface area contributed by atoms with Gasteiger partial charge < -0.3 is 4.90 Å². The van der Waals surface area contributed by atoms with Crippen LogP contribution in [0.1, 0.15) is 22.3 Å². The predicted octanol–water partition coefficient (Wildman–Crippen LogP) is 13.6. The molecule has 10 rings (SSSR count). The minimum atomic E-state index is -0.467. The van der Waals surface area contributed by atoms with E-state index in [4.69, 9.17) is 0 Å². The highest BCUT2D eigenvalue weighted by atomic mass is 32.1. The van der Waals surface area contributed by atoms with Crippen molar-refractivity contribution in [2.75, 3.05) is 4.90 Å². The van der Waals surface area contributed by atoms with Crippen LogP contribution >= 0.6 is 11.3 Å². The van der Waals surface area contributed by atoms with Crippen LogP contribution in [0.25, 0.3) is 42.4 Å². The molecular formula is C49H33NS. The molecule has 0 atom stereocenters. The molecule has 1 aliphatic carbocycles. The number of hydrogen-bond donors (Lipinski definition) is 0. The van der Waals surface area contributed by atoms with Gasteiger partial charge in [0.25, 0.3) is 0 Å². The van der Waals surface area contributed by atoms with E-state index >= 15 is 0 Å². The van der Waals surface area contributed by atoms with Gasteiger partial charge in [0.2, 0.25) is 0 Å². The smallest absolute Gasteiger partial charge is 0.0714 e. The average Bonchev–Trinajstić information content (AvgIpc) is 3.72. The zero-order chi connectivity index (χ0) is 33.8. The van der Waals surface area contributed by atoms with E-state index in [9.17, 15) is 0 Å². The van der Waals surface area contributed by atoms with E-state index in [0.29, 0.717) is 0 Å². The minimum absolute atomic E-state index is 0.467. The van der Waals surface area contributed by atoms with Crippen molar-refractivity contribution >= 4 is 48.6 Å². The molecular weight excluding hydrogens is 635 g/mol. The fraction of sp³-hybridized carbons (Fsp3) is 0.0204. The van der Waals surface area contributed by atoms with Crippen LogP contribution in [0, 0.1) is 0 Å². The summed E-state index contributed by atoms with van der Waals surface area (Å²) in [5, 5.41) is 2.59. The molecule has 1 nitrogen and oxygen atoms in total. The summed E-state index contributed by atoms with van der Waals surface area (Å²) in [4.78, 5) is 2.36. The molecule has 1 aliphatic rings. The SMILES string of the molecule is c1ccc(-c2c3c(cc4sc5ccc(N(c6ccccc6)c6ccccc6)cc5c24)C(c2ccccc2)(c2ccccc2)c2ccccc2-3)cc1. The number of para-hydroxylation sites is 2. The number of anilines is 3. The van der Waals surface area contributed by atoms with Crippen molar-refractivity contribution in [3.05, 3.63) is 222 Å². The minimum Gasteiger partial charge on any atom is -0.310 e. The highest BCUT2D eigenvalue weighted by molar-refractivity contribution is 7.26. The Hall–Kier alpha value is -6.22. The Labute approximate surface area is 302 Å². The summed E-state index contributed by atoms with van der Waals surface area (Å²) < 4.78 is 2.59. The number of hydrogen-bond acceptors (Lipinski definition) is 2. The summed E-state index contributed by atoms with van der Waals surface area (Å²) in [6, 6.07) is 73.3. The normalized spacial score (nSPS) is 12.9. The van der Waals surface area contributed by atoms with E-state index in [2.05, 4.69) is 205 Å². The molecule has 1 heterocycles. The highest BCUT2D eigenvalue weighted by Crippen LogP contribution is 2.61. The molecule has 0 aliphatic heterocycles. The van der Waals surface area contributed by atoms with Gasteiger partial charge in [0.05, 0.1) is 5.41 Å². The number of benzene rings is 8. The lowest BCUT2D eigenvalue weighted by Gasteiger charge is -2.34. The lowest BCUT2D eigenvalue weighted by Crippen LogP contribution is -2.28. The topological polar surface area (TPSA) is 3.24 Å². The van der Waals surface area contributed by atoms with Crippen LogP contribution in [0.3, 0.4) is 0 Å². The third-order valence-corrected chi connectivity index (χ3v) is 11.6.